The first-order valence-corrected chi connectivity index (χ1v) is 9.77. The van der Waals surface area contributed by atoms with Gasteiger partial charge in [-0.2, -0.15) is 0 Å². The van der Waals surface area contributed by atoms with Crippen LogP contribution in [0.2, 0.25) is 0 Å². The third kappa shape index (κ3) is 4.79. The number of carbonyl (C=O) groups excluding carboxylic acids is 1. The molecule has 0 radical (unpaired) electrons. The van der Waals surface area contributed by atoms with E-state index in [1.165, 1.54) is 6.26 Å². The Morgan fingerprint density at radius 1 is 1.35 bits per heavy atom. The maximum atomic E-state index is 12.2. The highest BCUT2D eigenvalue weighted by atomic mass is 32.2. The van der Waals surface area contributed by atoms with Crippen molar-refractivity contribution in [2.24, 2.45) is 0 Å². The number of nitrogens with zero attached hydrogens (tertiary/aromatic N) is 2. The number of sulfone groups is 1. The Balaban J connectivity index is 2.30. The van der Waals surface area contributed by atoms with Gasteiger partial charge in [-0.3, -0.25) is 4.79 Å². The van der Waals surface area contributed by atoms with E-state index in [0.29, 0.717) is 11.3 Å². The van der Waals surface area contributed by atoms with Crippen LogP contribution in [0.4, 0.5) is 0 Å². The first-order chi connectivity index (χ1) is 10.8. The number of hydrogen-bond acceptors (Lipinski definition) is 4. The van der Waals surface area contributed by atoms with Gasteiger partial charge in [0, 0.05) is 12.3 Å². The first-order valence-electron chi connectivity index (χ1n) is 7.71. The zero-order valence-corrected chi connectivity index (χ0v) is 14.6. The number of para-hydroxylation sites is 2. The number of nitrogens with one attached hydrogen (secondary N) is 1. The molecular weight excluding hydrogens is 314 g/mol. The number of carbonyl (C=O) groups is 1. The molecule has 2 aromatic rings. The summed E-state index contributed by atoms with van der Waals surface area (Å²) in [6.45, 7) is 4.10. The molecule has 0 aliphatic carbocycles. The average molecular weight is 337 g/mol. The summed E-state index contributed by atoms with van der Waals surface area (Å²) in [7, 11) is -3.23. The Labute approximate surface area is 136 Å². The van der Waals surface area contributed by atoms with Crippen molar-refractivity contribution < 1.29 is 13.2 Å². The van der Waals surface area contributed by atoms with Gasteiger partial charge in [-0.05, 0) is 25.5 Å². The SMILES string of the molecule is CCCC(C)NC(=O)Cn1c(CS(C)(=O)=O)nc2ccccc21. The van der Waals surface area contributed by atoms with E-state index in [1.54, 1.807) is 4.57 Å². The van der Waals surface area contributed by atoms with Crippen LogP contribution in [-0.4, -0.2) is 36.2 Å². The van der Waals surface area contributed by atoms with Gasteiger partial charge in [0.05, 0.1) is 11.0 Å². The molecular formula is C16H23N3O3S. The van der Waals surface area contributed by atoms with Gasteiger partial charge in [0.2, 0.25) is 5.91 Å². The van der Waals surface area contributed by atoms with E-state index in [0.717, 1.165) is 18.4 Å². The molecule has 1 N–H and O–H groups in total. The maximum absolute atomic E-state index is 12.2. The second kappa shape index (κ2) is 7.12. The van der Waals surface area contributed by atoms with Gasteiger partial charge < -0.3 is 9.88 Å². The molecule has 1 unspecified atom stereocenters. The molecule has 7 heteroatoms. The minimum Gasteiger partial charge on any atom is -0.352 e. The summed E-state index contributed by atoms with van der Waals surface area (Å²) in [5.74, 6) is 0.0790. The van der Waals surface area contributed by atoms with Gasteiger partial charge in [0.25, 0.3) is 0 Å². The summed E-state index contributed by atoms with van der Waals surface area (Å²) in [5, 5.41) is 2.94. The second-order valence-electron chi connectivity index (χ2n) is 5.93. The molecule has 1 heterocycles. The fraction of sp³-hybridized carbons (Fsp3) is 0.500. The Kier molecular flexibility index (Phi) is 5.41. The predicted octanol–water partition coefficient (Wildman–Crippen LogP) is 1.89. The lowest BCUT2D eigenvalue weighted by Crippen LogP contribution is -2.35. The number of fused-ring (bicyclic) bond motifs is 1. The summed E-state index contributed by atoms with van der Waals surface area (Å²) in [4.78, 5) is 16.6. The molecule has 0 spiro atoms. The van der Waals surface area contributed by atoms with Crippen molar-refractivity contribution in [1.82, 2.24) is 14.9 Å². The summed E-state index contributed by atoms with van der Waals surface area (Å²) >= 11 is 0. The third-order valence-electron chi connectivity index (χ3n) is 3.56. The van der Waals surface area contributed by atoms with E-state index in [9.17, 15) is 13.2 Å². The molecule has 1 aromatic carbocycles. The molecule has 0 aliphatic heterocycles. The smallest absolute Gasteiger partial charge is 0.240 e. The Hall–Kier alpha value is -1.89. The summed E-state index contributed by atoms with van der Waals surface area (Å²) < 4.78 is 24.9. The highest BCUT2D eigenvalue weighted by Crippen LogP contribution is 2.17. The van der Waals surface area contributed by atoms with Crippen molar-refractivity contribution in [3.05, 3.63) is 30.1 Å². The number of aromatic nitrogens is 2. The quantitative estimate of drug-likeness (QED) is 0.836. The molecule has 1 amide bonds. The van der Waals surface area contributed by atoms with E-state index in [2.05, 4.69) is 17.2 Å². The zero-order valence-electron chi connectivity index (χ0n) is 13.7. The Bertz CT molecular complexity index is 796. The molecule has 0 bridgehead atoms. The third-order valence-corrected chi connectivity index (χ3v) is 4.34. The molecule has 0 aliphatic rings. The van der Waals surface area contributed by atoms with Gasteiger partial charge in [0.15, 0.2) is 9.84 Å². The van der Waals surface area contributed by atoms with E-state index in [-0.39, 0.29) is 24.2 Å². The van der Waals surface area contributed by atoms with E-state index in [4.69, 9.17) is 0 Å². The normalized spacial score (nSPS) is 13.2. The average Bonchev–Trinajstić information content (AvgIpc) is 2.75. The van der Waals surface area contributed by atoms with Crippen molar-refractivity contribution in [2.45, 2.75) is 45.0 Å². The molecule has 6 nitrogen and oxygen atoms in total. The van der Waals surface area contributed by atoms with Crippen LogP contribution >= 0.6 is 0 Å². The van der Waals surface area contributed by atoms with Gasteiger partial charge in [-0.15, -0.1) is 0 Å². The number of rotatable bonds is 7. The van der Waals surface area contributed by atoms with Crippen LogP contribution < -0.4 is 5.32 Å². The molecule has 2 rings (SSSR count). The van der Waals surface area contributed by atoms with Crippen LogP contribution in [0.15, 0.2) is 24.3 Å². The van der Waals surface area contributed by atoms with Crippen LogP contribution in [0, 0.1) is 0 Å². The highest BCUT2D eigenvalue weighted by molar-refractivity contribution is 7.89. The number of benzene rings is 1. The van der Waals surface area contributed by atoms with Crippen molar-refractivity contribution in [3.8, 4) is 0 Å². The maximum Gasteiger partial charge on any atom is 0.240 e. The van der Waals surface area contributed by atoms with Crippen molar-refractivity contribution in [1.29, 1.82) is 0 Å². The minimum atomic E-state index is -3.23. The highest BCUT2D eigenvalue weighted by Gasteiger charge is 2.17. The standard InChI is InChI=1S/C16H23N3O3S/c1-4-7-12(2)17-16(20)10-19-14-9-6-5-8-13(14)18-15(19)11-23(3,21)22/h5-6,8-9,12H,4,7,10-11H2,1-3H3,(H,17,20). The van der Waals surface area contributed by atoms with Gasteiger partial charge in [0.1, 0.15) is 18.1 Å². The fourth-order valence-electron chi connectivity index (χ4n) is 2.62. The second-order valence-corrected chi connectivity index (χ2v) is 8.07. The van der Waals surface area contributed by atoms with Gasteiger partial charge >= 0.3 is 0 Å². The molecule has 0 fully saturated rings. The Morgan fingerprint density at radius 2 is 2.04 bits per heavy atom. The van der Waals surface area contributed by atoms with Gasteiger partial charge in [-0.1, -0.05) is 25.5 Å². The summed E-state index contributed by atoms with van der Waals surface area (Å²) in [6, 6.07) is 7.45. The van der Waals surface area contributed by atoms with E-state index >= 15 is 0 Å². The fourth-order valence-corrected chi connectivity index (χ4v) is 3.31. The van der Waals surface area contributed by atoms with Crippen LogP contribution in [0.3, 0.4) is 0 Å². The van der Waals surface area contributed by atoms with Crippen LogP contribution in [0.1, 0.15) is 32.5 Å². The molecule has 23 heavy (non-hydrogen) atoms. The van der Waals surface area contributed by atoms with Crippen molar-refractivity contribution in [2.75, 3.05) is 6.26 Å². The van der Waals surface area contributed by atoms with E-state index < -0.39 is 9.84 Å². The largest absolute Gasteiger partial charge is 0.352 e. The minimum absolute atomic E-state index is 0.0689. The predicted molar refractivity (Wildman–Crippen MR) is 90.8 cm³/mol. The molecule has 1 atom stereocenters. The lowest BCUT2D eigenvalue weighted by molar-refractivity contribution is -0.122. The summed E-state index contributed by atoms with van der Waals surface area (Å²) in [5.41, 5.74) is 1.46. The number of amides is 1. The molecule has 0 saturated carbocycles. The zero-order chi connectivity index (χ0) is 17.0. The number of hydrogen-bond donors (Lipinski definition) is 1. The van der Waals surface area contributed by atoms with E-state index in [1.807, 2.05) is 31.2 Å². The van der Waals surface area contributed by atoms with Crippen LogP contribution in [-0.2, 0) is 26.9 Å². The van der Waals surface area contributed by atoms with Crippen LogP contribution in [0.5, 0.6) is 0 Å². The molecule has 1 aromatic heterocycles. The lowest BCUT2D eigenvalue weighted by Gasteiger charge is -2.14. The topological polar surface area (TPSA) is 81.1 Å². The summed E-state index contributed by atoms with van der Waals surface area (Å²) in [6.07, 6.45) is 3.07. The van der Waals surface area contributed by atoms with Crippen molar-refractivity contribution >= 4 is 26.8 Å². The monoisotopic (exact) mass is 337 g/mol. The lowest BCUT2D eigenvalue weighted by atomic mass is 10.2. The van der Waals surface area contributed by atoms with Crippen molar-refractivity contribution in [3.63, 3.8) is 0 Å². The molecule has 0 saturated heterocycles. The van der Waals surface area contributed by atoms with Crippen LogP contribution in [0.25, 0.3) is 11.0 Å². The molecule has 126 valence electrons. The number of imidazole rings is 1. The first kappa shape index (κ1) is 17.5. The Morgan fingerprint density at radius 3 is 2.70 bits per heavy atom. The van der Waals surface area contributed by atoms with Gasteiger partial charge in [-0.25, -0.2) is 13.4 Å².